The second-order valence-electron chi connectivity index (χ2n) is 4.78. The number of ether oxygens (including phenoxy) is 1. The van der Waals surface area contributed by atoms with Crippen molar-refractivity contribution < 1.29 is 8.95 Å². The zero-order valence-corrected chi connectivity index (χ0v) is 13.1. The number of hydrogen-bond acceptors (Lipinski definition) is 3. The standard InChI is InChI=1S/C15H25NO2S/c1-5-18-15-8-6-14(7-9-15)13(3)16-11-10-12(2)19(4)17/h6-9,12-13,16H,5,10-11H2,1-4H3. The van der Waals surface area contributed by atoms with E-state index in [1.165, 1.54) is 5.56 Å². The van der Waals surface area contributed by atoms with E-state index in [1.807, 2.05) is 26.0 Å². The molecule has 0 saturated heterocycles. The average Bonchev–Trinajstić information content (AvgIpc) is 2.39. The van der Waals surface area contributed by atoms with Crippen LogP contribution in [-0.2, 0) is 10.8 Å². The van der Waals surface area contributed by atoms with Gasteiger partial charge in [-0.3, -0.25) is 4.21 Å². The van der Waals surface area contributed by atoms with Crippen molar-refractivity contribution in [2.45, 2.75) is 38.5 Å². The second kappa shape index (κ2) is 8.33. The third-order valence-electron chi connectivity index (χ3n) is 3.26. The molecular weight excluding hydrogens is 258 g/mol. The molecule has 0 radical (unpaired) electrons. The molecule has 3 atom stereocenters. The fourth-order valence-electron chi connectivity index (χ4n) is 1.81. The van der Waals surface area contributed by atoms with Gasteiger partial charge in [0.15, 0.2) is 0 Å². The van der Waals surface area contributed by atoms with Crippen LogP contribution < -0.4 is 10.1 Å². The fourth-order valence-corrected chi connectivity index (χ4v) is 2.26. The summed E-state index contributed by atoms with van der Waals surface area (Å²) >= 11 is 0. The summed E-state index contributed by atoms with van der Waals surface area (Å²) in [7, 11) is -0.732. The van der Waals surface area contributed by atoms with E-state index in [9.17, 15) is 4.21 Å². The van der Waals surface area contributed by atoms with Crippen molar-refractivity contribution in [3.05, 3.63) is 29.8 Å². The zero-order chi connectivity index (χ0) is 14.3. The summed E-state index contributed by atoms with van der Waals surface area (Å²) in [5.74, 6) is 0.911. The normalized spacial score (nSPS) is 15.8. The molecule has 1 aromatic carbocycles. The lowest BCUT2D eigenvalue weighted by atomic mass is 10.1. The van der Waals surface area contributed by atoms with E-state index in [4.69, 9.17) is 4.74 Å². The lowest BCUT2D eigenvalue weighted by Crippen LogP contribution is -2.24. The Kier molecular flexibility index (Phi) is 7.10. The third kappa shape index (κ3) is 5.74. The molecule has 0 spiro atoms. The Balaban J connectivity index is 2.40. The summed E-state index contributed by atoms with van der Waals surface area (Å²) in [6.45, 7) is 7.73. The highest BCUT2D eigenvalue weighted by molar-refractivity contribution is 7.84. The maximum atomic E-state index is 11.3. The van der Waals surface area contributed by atoms with Gasteiger partial charge in [-0.15, -0.1) is 0 Å². The van der Waals surface area contributed by atoms with Crippen LogP contribution >= 0.6 is 0 Å². The van der Waals surface area contributed by atoms with Crippen molar-refractivity contribution in [1.82, 2.24) is 5.32 Å². The topological polar surface area (TPSA) is 38.3 Å². The van der Waals surface area contributed by atoms with Gasteiger partial charge in [0.1, 0.15) is 5.75 Å². The van der Waals surface area contributed by atoms with Gasteiger partial charge in [0.05, 0.1) is 6.61 Å². The van der Waals surface area contributed by atoms with Crippen LogP contribution in [0.5, 0.6) is 5.75 Å². The van der Waals surface area contributed by atoms with E-state index in [0.29, 0.717) is 12.6 Å². The molecule has 19 heavy (non-hydrogen) atoms. The van der Waals surface area contributed by atoms with Gasteiger partial charge in [-0.1, -0.05) is 19.1 Å². The Morgan fingerprint density at radius 3 is 2.42 bits per heavy atom. The molecule has 1 rings (SSSR count). The smallest absolute Gasteiger partial charge is 0.119 e. The molecule has 3 unspecified atom stereocenters. The van der Waals surface area contributed by atoms with Crippen molar-refractivity contribution in [2.75, 3.05) is 19.4 Å². The van der Waals surface area contributed by atoms with Gasteiger partial charge in [-0.2, -0.15) is 0 Å². The molecule has 1 aromatic rings. The van der Waals surface area contributed by atoms with E-state index in [2.05, 4.69) is 24.4 Å². The summed E-state index contributed by atoms with van der Waals surface area (Å²) in [5.41, 5.74) is 1.24. The molecule has 108 valence electrons. The summed E-state index contributed by atoms with van der Waals surface area (Å²) in [5, 5.41) is 3.71. The Bertz CT molecular complexity index is 392. The second-order valence-corrected chi connectivity index (χ2v) is 6.58. The molecule has 0 heterocycles. The highest BCUT2D eigenvalue weighted by atomic mass is 32.2. The Morgan fingerprint density at radius 1 is 1.26 bits per heavy atom. The summed E-state index contributed by atoms with van der Waals surface area (Å²) in [6.07, 6.45) is 2.70. The van der Waals surface area contributed by atoms with Crippen LogP contribution in [0.25, 0.3) is 0 Å². The molecule has 0 aliphatic heterocycles. The van der Waals surface area contributed by atoms with Gasteiger partial charge in [0.2, 0.25) is 0 Å². The molecule has 3 nitrogen and oxygen atoms in total. The van der Waals surface area contributed by atoms with Crippen molar-refractivity contribution in [2.24, 2.45) is 0 Å². The largest absolute Gasteiger partial charge is 0.494 e. The van der Waals surface area contributed by atoms with Crippen LogP contribution in [0.4, 0.5) is 0 Å². The van der Waals surface area contributed by atoms with E-state index in [0.717, 1.165) is 18.7 Å². The zero-order valence-electron chi connectivity index (χ0n) is 12.3. The monoisotopic (exact) mass is 283 g/mol. The number of benzene rings is 1. The van der Waals surface area contributed by atoms with Crippen LogP contribution in [0.2, 0.25) is 0 Å². The lowest BCUT2D eigenvalue weighted by Gasteiger charge is -2.16. The highest BCUT2D eigenvalue weighted by Gasteiger charge is 2.08. The SMILES string of the molecule is CCOc1ccc(C(C)NCCC(C)S(C)=O)cc1. The van der Waals surface area contributed by atoms with Gasteiger partial charge in [-0.05, 0) is 44.5 Å². The maximum absolute atomic E-state index is 11.3. The Hall–Kier alpha value is -0.870. The first-order valence-electron chi connectivity index (χ1n) is 6.83. The molecule has 4 heteroatoms. The van der Waals surface area contributed by atoms with Crippen LogP contribution in [-0.4, -0.2) is 28.9 Å². The van der Waals surface area contributed by atoms with Crippen molar-refractivity contribution in [3.8, 4) is 5.75 Å². The third-order valence-corrected chi connectivity index (χ3v) is 4.63. The summed E-state index contributed by atoms with van der Waals surface area (Å²) in [6, 6.07) is 8.48. The van der Waals surface area contributed by atoms with Gasteiger partial charge in [-0.25, -0.2) is 0 Å². The number of hydrogen-bond donors (Lipinski definition) is 1. The van der Waals surface area contributed by atoms with Crippen molar-refractivity contribution >= 4 is 10.8 Å². The summed E-state index contributed by atoms with van der Waals surface area (Å²) in [4.78, 5) is 0. The number of nitrogens with one attached hydrogen (secondary N) is 1. The Morgan fingerprint density at radius 2 is 1.89 bits per heavy atom. The van der Waals surface area contributed by atoms with E-state index in [-0.39, 0.29) is 5.25 Å². The van der Waals surface area contributed by atoms with Gasteiger partial charge >= 0.3 is 0 Å². The van der Waals surface area contributed by atoms with Gasteiger partial charge in [0.25, 0.3) is 0 Å². The first kappa shape index (κ1) is 16.2. The quantitative estimate of drug-likeness (QED) is 0.797. The molecule has 0 aromatic heterocycles. The molecule has 0 fully saturated rings. The van der Waals surface area contributed by atoms with Crippen molar-refractivity contribution in [1.29, 1.82) is 0 Å². The minimum absolute atomic E-state index is 0.250. The minimum atomic E-state index is -0.732. The molecule has 1 N–H and O–H groups in total. The highest BCUT2D eigenvalue weighted by Crippen LogP contribution is 2.17. The van der Waals surface area contributed by atoms with Crippen LogP contribution in [0.1, 0.15) is 38.8 Å². The van der Waals surface area contributed by atoms with Crippen LogP contribution in [0, 0.1) is 0 Å². The van der Waals surface area contributed by atoms with E-state index < -0.39 is 10.8 Å². The molecule has 0 amide bonds. The van der Waals surface area contributed by atoms with Gasteiger partial charge in [0, 0.05) is 28.3 Å². The predicted octanol–water partition coefficient (Wildman–Crippen LogP) is 2.89. The predicted molar refractivity (Wildman–Crippen MR) is 82.2 cm³/mol. The maximum Gasteiger partial charge on any atom is 0.119 e. The van der Waals surface area contributed by atoms with Crippen molar-refractivity contribution in [3.63, 3.8) is 0 Å². The van der Waals surface area contributed by atoms with Crippen LogP contribution in [0.15, 0.2) is 24.3 Å². The van der Waals surface area contributed by atoms with Crippen LogP contribution in [0.3, 0.4) is 0 Å². The first-order valence-corrected chi connectivity index (χ1v) is 8.45. The molecule has 0 saturated carbocycles. The Labute approximate surface area is 119 Å². The summed E-state index contributed by atoms with van der Waals surface area (Å²) < 4.78 is 16.7. The molecular formula is C15H25NO2S. The molecule has 0 bridgehead atoms. The molecule has 0 aliphatic rings. The fraction of sp³-hybridized carbons (Fsp3) is 0.600. The minimum Gasteiger partial charge on any atom is -0.494 e. The molecule has 0 aliphatic carbocycles. The number of rotatable bonds is 8. The van der Waals surface area contributed by atoms with E-state index in [1.54, 1.807) is 6.26 Å². The van der Waals surface area contributed by atoms with Gasteiger partial charge < -0.3 is 10.1 Å². The lowest BCUT2D eigenvalue weighted by molar-refractivity contribution is 0.340. The first-order chi connectivity index (χ1) is 9.04. The average molecular weight is 283 g/mol. The van der Waals surface area contributed by atoms with E-state index >= 15 is 0 Å².